The van der Waals surface area contributed by atoms with Gasteiger partial charge in [0.2, 0.25) is 21.8 Å². The molecule has 0 spiro atoms. The maximum atomic E-state index is 12.7. The molecule has 0 bridgehead atoms. The fourth-order valence-electron chi connectivity index (χ4n) is 2.81. The number of sulfonamides is 1. The quantitative estimate of drug-likeness (QED) is 0.799. The first kappa shape index (κ1) is 18.4. The van der Waals surface area contributed by atoms with Crippen molar-refractivity contribution in [2.75, 3.05) is 30.3 Å². The van der Waals surface area contributed by atoms with Gasteiger partial charge in [-0.2, -0.15) is 4.31 Å². The number of carbonyl (C=O) groups is 1. The summed E-state index contributed by atoms with van der Waals surface area (Å²) in [6.45, 7) is 2.84. The van der Waals surface area contributed by atoms with Gasteiger partial charge in [0.15, 0.2) is 0 Å². The number of rotatable bonds is 6. The van der Waals surface area contributed by atoms with Crippen molar-refractivity contribution in [1.82, 2.24) is 9.46 Å². The molecule has 0 atom stereocenters. The van der Waals surface area contributed by atoms with E-state index in [2.05, 4.69) is 15.8 Å². The third-order valence-electron chi connectivity index (χ3n) is 4.13. The zero-order valence-electron chi connectivity index (χ0n) is 14.6. The van der Waals surface area contributed by atoms with Gasteiger partial charge in [-0.1, -0.05) is 17.6 Å². The average Bonchev–Trinajstić information content (AvgIpc) is 3.05. The Morgan fingerprint density at radius 1 is 1.23 bits per heavy atom. The van der Waals surface area contributed by atoms with E-state index in [1.807, 2.05) is 0 Å². The van der Waals surface area contributed by atoms with Gasteiger partial charge in [-0.3, -0.25) is 10.1 Å². The summed E-state index contributed by atoms with van der Waals surface area (Å²) < 4.78 is 31.9. The van der Waals surface area contributed by atoms with E-state index in [1.54, 1.807) is 37.3 Å². The van der Waals surface area contributed by atoms with Crippen molar-refractivity contribution in [3.8, 4) is 0 Å². The number of benzene rings is 1. The molecule has 2 aromatic rings. The highest BCUT2D eigenvalue weighted by Gasteiger charge is 2.25. The van der Waals surface area contributed by atoms with Crippen LogP contribution < -0.4 is 10.6 Å². The smallest absolute Gasteiger partial charge is 0.246 e. The first-order chi connectivity index (χ1) is 12.4. The number of aryl methyl sites for hydroxylation is 1. The minimum absolute atomic E-state index is 0.0209. The molecule has 2 heterocycles. The molecule has 1 aliphatic heterocycles. The van der Waals surface area contributed by atoms with Crippen molar-refractivity contribution in [1.29, 1.82) is 0 Å². The lowest BCUT2D eigenvalue weighted by atomic mass is 10.2. The monoisotopic (exact) mass is 378 g/mol. The van der Waals surface area contributed by atoms with Crippen molar-refractivity contribution in [3.05, 3.63) is 36.0 Å². The van der Waals surface area contributed by atoms with Crippen LogP contribution in [-0.4, -0.2) is 43.4 Å². The molecule has 1 fully saturated rings. The van der Waals surface area contributed by atoms with Crippen LogP contribution in [0, 0.1) is 6.92 Å². The van der Waals surface area contributed by atoms with Crippen LogP contribution in [0.15, 0.2) is 39.8 Å². The zero-order chi connectivity index (χ0) is 18.6. The van der Waals surface area contributed by atoms with Gasteiger partial charge in [0.05, 0.1) is 17.1 Å². The standard InChI is InChI=1S/C17H22N4O4S/c1-13-10-17(25-20-13)19-16(22)12-18-14-6-5-7-15(11-14)26(23,24)21-8-3-2-4-9-21/h5-7,10-11,18H,2-4,8-9,12H2,1H3,(H,19,22). The molecule has 0 aliphatic carbocycles. The molecule has 1 aromatic carbocycles. The van der Waals surface area contributed by atoms with Gasteiger partial charge in [0, 0.05) is 24.8 Å². The Hall–Kier alpha value is -2.39. The second-order valence-corrected chi connectivity index (χ2v) is 8.16. The van der Waals surface area contributed by atoms with Crippen LogP contribution in [0.1, 0.15) is 25.0 Å². The van der Waals surface area contributed by atoms with Crippen LogP contribution in [0.25, 0.3) is 0 Å². The SMILES string of the molecule is Cc1cc(NC(=O)CNc2cccc(S(=O)(=O)N3CCCCC3)c2)on1. The Balaban J connectivity index is 1.62. The molecule has 0 saturated carbocycles. The molecule has 1 saturated heterocycles. The summed E-state index contributed by atoms with van der Waals surface area (Å²) in [5, 5.41) is 9.19. The number of nitrogens with zero attached hydrogens (tertiary/aromatic N) is 2. The first-order valence-corrected chi connectivity index (χ1v) is 9.96. The molecule has 1 amide bonds. The largest absolute Gasteiger partial charge is 0.376 e. The Bertz CT molecular complexity index is 872. The lowest BCUT2D eigenvalue weighted by Crippen LogP contribution is -2.35. The van der Waals surface area contributed by atoms with E-state index in [4.69, 9.17) is 4.52 Å². The fraction of sp³-hybridized carbons (Fsp3) is 0.412. The van der Waals surface area contributed by atoms with Gasteiger partial charge >= 0.3 is 0 Å². The number of amides is 1. The number of hydrogen-bond donors (Lipinski definition) is 2. The molecular formula is C17H22N4O4S. The zero-order valence-corrected chi connectivity index (χ0v) is 15.4. The highest BCUT2D eigenvalue weighted by Crippen LogP contribution is 2.22. The predicted molar refractivity (Wildman–Crippen MR) is 97.4 cm³/mol. The van der Waals surface area contributed by atoms with Gasteiger partial charge in [0.25, 0.3) is 0 Å². The summed E-state index contributed by atoms with van der Waals surface area (Å²) in [6.07, 6.45) is 2.84. The summed E-state index contributed by atoms with van der Waals surface area (Å²) in [5.41, 5.74) is 1.23. The molecule has 8 nitrogen and oxygen atoms in total. The van der Waals surface area contributed by atoms with E-state index in [0.29, 0.717) is 24.5 Å². The Morgan fingerprint density at radius 3 is 2.69 bits per heavy atom. The molecule has 0 radical (unpaired) electrons. The Labute approximate surface area is 152 Å². The van der Waals surface area contributed by atoms with Gasteiger partial charge in [-0.05, 0) is 38.0 Å². The van der Waals surface area contributed by atoms with E-state index in [9.17, 15) is 13.2 Å². The van der Waals surface area contributed by atoms with E-state index >= 15 is 0 Å². The molecule has 3 rings (SSSR count). The van der Waals surface area contributed by atoms with Crippen LogP contribution in [0.5, 0.6) is 0 Å². The molecule has 26 heavy (non-hydrogen) atoms. The molecule has 140 valence electrons. The lowest BCUT2D eigenvalue weighted by molar-refractivity contribution is -0.114. The van der Waals surface area contributed by atoms with Crippen LogP contribution >= 0.6 is 0 Å². The van der Waals surface area contributed by atoms with Crippen molar-refractivity contribution >= 4 is 27.5 Å². The van der Waals surface area contributed by atoms with Crippen molar-refractivity contribution in [3.63, 3.8) is 0 Å². The maximum absolute atomic E-state index is 12.7. The third-order valence-corrected chi connectivity index (χ3v) is 6.03. The first-order valence-electron chi connectivity index (χ1n) is 8.52. The molecular weight excluding hydrogens is 356 g/mol. The molecule has 9 heteroatoms. The van der Waals surface area contributed by atoms with Crippen molar-refractivity contribution < 1.29 is 17.7 Å². The predicted octanol–water partition coefficient (Wildman–Crippen LogP) is 2.21. The lowest BCUT2D eigenvalue weighted by Gasteiger charge is -2.26. The summed E-state index contributed by atoms with van der Waals surface area (Å²) in [4.78, 5) is 12.2. The summed E-state index contributed by atoms with van der Waals surface area (Å²) >= 11 is 0. The average molecular weight is 378 g/mol. The number of nitrogens with one attached hydrogen (secondary N) is 2. The van der Waals surface area contributed by atoms with Crippen LogP contribution in [-0.2, 0) is 14.8 Å². The number of piperidine rings is 1. The van der Waals surface area contributed by atoms with E-state index in [0.717, 1.165) is 19.3 Å². The van der Waals surface area contributed by atoms with Crippen LogP contribution in [0.2, 0.25) is 0 Å². The van der Waals surface area contributed by atoms with E-state index < -0.39 is 10.0 Å². The fourth-order valence-corrected chi connectivity index (χ4v) is 4.37. The highest BCUT2D eigenvalue weighted by atomic mass is 32.2. The van der Waals surface area contributed by atoms with Gasteiger partial charge < -0.3 is 9.84 Å². The minimum atomic E-state index is -3.50. The van der Waals surface area contributed by atoms with Crippen LogP contribution in [0.4, 0.5) is 11.6 Å². The van der Waals surface area contributed by atoms with E-state index in [-0.39, 0.29) is 23.2 Å². The van der Waals surface area contributed by atoms with Gasteiger partial charge in [0.1, 0.15) is 0 Å². The highest BCUT2D eigenvalue weighted by molar-refractivity contribution is 7.89. The number of hydrogen-bond acceptors (Lipinski definition) is 6. The van der Waals surface area contributed by atoms with Gasteiger partial charge in [-0.15, -0.1) is 0 Å². The summed E-state index contributed by atoms with van der Waals surface area (Å²) in [6, 6.07) is 8.13. The van der Waals surface area contributed by atoms with Gasteiger partial charge in [-0.25, -0.2) is 8.42 Å². The van der Waals surface area contributed by atoms with Crippen LogP contribution in [0.3, 0.4) is 0 Å². The second kappa shape index (κ2) is 7.88. The summed E-state index contributed by atoms with van der Waals surface area (Å²) in [5.74, 6) is -0.0406. The second-order valence-electron chi connectivity index (χ2n) is 6.23. The third kappa shape index (κ3) is 4.41. The molecule has 0 unspecified atom stereocenters. The number of anilines is 2. The Kier molecular flexibility index (Phi) is 5.58. The summed E-state index contributed by atoms with van der Waals surface area (Å²) in [7, 11) is -3.50. The normalized spacial score (nSPS) is 15.6. The Morgan fingerprint density at radius 2 is 2.00 bits per heavy atom. The van der Waals surface area contributed by atoms with E-state index in [1.165, 1.54) is 4.31 Å². The molecule has 2 N–H and O–H groups in total. The maximum Gasteiger partial charge on any atom is 0.246 e. The topological polar surface area (TPSA) is 105 Å². The number of carbonyl (C=O) groups excluding carboxylic acids is 1. The molecule has 1 aromatic heterocycles. The van der Waals surface area contributed by atoms with Crippen molar-refractivity contribution in [2.24, 2.45) is 0 Å². The minimum Gasteiger partial charge on any atom is -0.376 e. The molecule has 1 aliphatic rings. The number of aromatic nitrogens is 1. The van der Waals surface area contributed by atoms with Crippen molar-refractivity contribution in [2.45, 2.75) is 31.1 Å².